The van der Waals surface area contributed by atoms with Crippen molar-refractivity contribution in [2.75, 3.05) is 13.6 Å². The van der Waals surface area contributed by atoms with Gasteiger partial charge < -0.3 is 11.1 Å². The van der Waals surface area contributed by atoms with E-state index < -0.39 is 0 Å². The number of nitrogens with one attached hydrogen (secondary N) is 1. The minimum absolute atomic E-state index is 0.432. The second kappa shape index (κ2) is 7.48. The zero-order chi connectivity index (χ0) is 13.4. The molecule has 0 unspecified atom stereocenters. The lowest BCUT2D eigenvalue weighted by Gasteiger charge is -2.04. The van der Waals surface area contributed by atoms with Gasteiger partial charge in [-0.25, -0.2) is 0 Å². The molecule has 0 aliphatic rings. The number of benzene rings is 1. The summed E-state index contributed by atoms with van der Waals surface area (Å²) in [4.78, 5) is 8.20. The minimum Gasteiger partial charge on any atom is -0.370 e. The normalized spacial score (nSPS) is 12.6. The van der Waals surface area contributed by atoms with Crippen LogP contribution in [0.25, 0.3) is 0 Å². The highest BCUT2D eigenvalue weighted by Gasteiger charge is 1.95. The lowest BCUT2D eigenvalue weighted by molar-refractivity contribution is 0.828. The van der Waals surface area contributed by atoms with Crippen LogP contribution in [0.15, 0.2) is 34.3 Å². The molecule has 0 spiro atoms. The standard InChI is InChI=1S/C14H22N4/c1-11-6-8-13(9-7-11)5-4-10-17-14(15)18-12(2)16-3/h6-9H,4-5,10H2,1-3H3,(H3,15,16,17,18). The Morgan fingerprint density at radius 2 is 1.94 bits per heavy atom. The van der Waals surface area contributed by atoms with Crippen LogP contribution in [0.2, 0.25) is 0 Å². The van der Waals surface area contributed by atoms with Gasteiger partial charge in [-0.1, -0.05) is 29.8 Å². The third-order valence-electron chi connectivity index (χ3n) is 2.67. The number of aliphatic imine (C=N–C) groups is 2. The Labute approximate surface area is 109 Å². The maximum Gasteiger partial charge on any atom is 0.194 e. The molecule has 0 fully saturated rings. The maximum atomic E-state index is 5.71. The summed E-state index contributed by atoms with van der Waals surface area (Å²) >= 11 is 0. The van der Waals surface area contributed by atoms with Crippen LogP contribution < -0.4 is 11.1 Å². The first-order valence-corrected chi connectivity index (χ1v) is 6.17. The number of nitrogens with zero attached hydrogens (tertiary/aromatic N) is 2. The predicted molar refractivity (Wildman–Crippen MR) is 78.2 cm³/mol. The Balaban J connectivity index is 2.29. The lowest BCUT2D eigenvalue weighted by atomic mass is 10.1. The quantitative estimate of drug-likeness (QED) is 0.484. The van der Waals surface area contributed by atoms with Crippen molar-refractivity contribution in [3.63, 3.8) is 0 Å². The van der Waals surface area contributed by atoms with Crippen LogP contribution in [0.1, 0.15) is 24.5 Å². The summed E-state index contributed by atoms with van der Waals surface area (Å²) in [5, 5.41) is 2.91. The van der Waals surface area contributed by atoms with Gasteiger partial charge in [-0.15, -0.1) is 0 Å². The highest BCUT2D eigenvalue weighted by atomic mass is 15.1. The Morgan fingerprint density at radius 3 is 2.56 bits per heavy atom. The molecule has 0 heterocycles. The Kier molecular flexibility index (Phi) is 5.91. The summed E-state index contributed by atoms with van der Waals surface area (Å²) in [6.07, 6.45) is 2.02. The molecule has 1 rings (SSSR count). The first kappa shape index (κ1) is 14.2. The highest BCUT2D eigenvalue weighted by molar-refractivity contribution is 5.97. The van der Waals surface area contributed by atoms with Crippen molar-refractivity contribution in [2.24, 2.45) is 15.7 Å². The van der Waals surface area contributed by atoms with Gasteiger partial charge in [-0.3, -0.25) is 9.98 Å². The molecule has 0 aromatic heterocycles. The van der Waals surface area contributed by atoms with E-state index in [2.05, 4.69) is 46.5 Å². The van der Waals surface area contributed by atoms with Gasteiger partial charge in [0.2, 0.25) is 0 Å². The number of amidine groups is 1. The fourth-order valence-electron chi connectivity index (χ4n) is 1.52. The van der Waals surface area contributed by atoms with Crippen molar-refractivity contribution in [1.82, 2.24) is 5.32 Å². The highest BCUT2D eigenvalue weighted by Crippen LogP contribution is 2.05. The summed E-state index contributed by atoms with van der Waals surface area (Å²) in [5.74, 6) is 1.21. The summed E-state index contributed by atoms with van der Waals surface area (Å²) in [7, 11) is 1.72. The average molecular weight is 246 g/mol. The third-order valence-corrected chi connectivity index (χ3v) is 2.67. The molecule has 4 nitrogen and oxygen atoms in total. The number of hydrogen-bond donors (Lipinski definition) is 2. The summed E-state index contributed by atoms with van der Waals surface area (Å²) in [5.41, 5.74) is 8.34. The second-order valence-corrected chi connectivity index (χ2v) is 4.29. The average Bonchev–Trinajstić information content (AvgIpc) is 2.36. The SMILES string of the molecule is CN=C(C)NC(N)=NCCCc1ccc(C)cc1. The van der Waals surface area contributed by atoms with Crippen LogP contribution >= 0.6 is 0 Å². The molecule has 0 radical (unpaired) electrons. The molecule has 0 aliphatic heterocycles. The number of guanidine groups is 1. The van der Waals surface area contributed by atoms with Crippen LogP contribution in [0.5, 0.6) is 0 Å². The van der Waals surface area contributed by atoms with Gasteiger partial charge in [0, 0.05) is 13.6 Å². The monoisotopic (exact) mass is 246 g/mol. The van der Waals surface area contributed by atoms with E-state index in [0.717, 1.165) is 25.2 Å². The zero-order valence-electron chi connectivity index (χ0n) is 11.4. The largest absolute Gasteiger partial charge is 0.370 e. The van der Waals surface area contributed by atoms with Crippen molar-refractivity contribution in [1.29, 1.82) is 0 Å². The van der Waals surface area contributed by atoms with E-state index in [1.807, 2.05) is 6.92 Å². The molecule has 0 saturated carbocycles. The molecule has 0 bridgehead atoms. The Morgan fingerprint density at radius 1 is 1.28 bits per heavy atom. The molecular formula is C14H22N4. The first-order chi connectivity index (χ1) is 8.61. The van der Waals surface area contributed by atoms with E-state index in [1.165, 1.54) is 11.1 Å². The van der Waals surface area contributed by atoms with Crippen molar-refractivity contribution < 1.29 is 0 Å². The van der Waals surface area contributed by atoms with E-state index in [9.17, 15) is 0 Å². The molecule has 4 heteroatoms. The summed E-state index contributed by atoms with van der Waals surface area (Å²) < 4.78 is 0. The summed E-state index contributed by atoms with van der Waals surface area (Å²) in [6, 6.07) is 8.59. The van der Waals surface area contributed by atoms with Crippen molar-refractivity contribution in [3.05, 3.63) is 35.4 Å². The van der Waals surface area contributed by atoms with Crippen LogP contribution in [0, 0.1) is 6.92 Å². The van der Waals surface area contributed by atoms with Gasteiger partial charge in [-0.05, 0) is 32.3 Å². The van der Waals surface area contributed by atoms with E-state index in [0.29, 0.717) is 5.96 Å². The number of nitrogens with two attached hydrogens (primary N) is 1. The fourth-order valence-corrected chi connectivity index (χ4v) is 1.52. The van der Waals surface area contributed by atoms with Crippen LogP contribution in [0.3, 0.4) is 0 Å². The molecule has 0 saturated heterocycles. The number of aryl methyl sites for hydroxylation is 2. The maximum absolute atomic E-state index is 5.71. The molecule has 1 aromatic rings. The Hall–Kier alpha value is -1.84. The zero-order valence-corrected chi connectivity index (χ0v) is 11.4. The first-order valence-electron chi connectivity index (χ1n) is 6.17. The van der Waals surface area contributed by atoms with Gasteiger partial charge in [0.25, 0.3) is 0 Å². The van der Waals surface area contributed by atoms with Crippen molar-refractivity contribution in [2.45, 2.75) is 26.7 Å². The minimum atomic E-state index is 0.432. The molecule has 1 aromatic carbocycles. The molecule has 18 heavy (non-hydrogen) atoms. The van der Waals surface area contributed by atoms with Gasteiger partial charge in [0.05, 0.1) is 5.84 Å². The summed E-state index contributed by atoms with van der Waals surface area (Å²) in [6.45, 7) is 4.68. The van der Waals surface area contributed by atoms with E-state index >= 15 is 0 Å². The Bertz CT molecular complexity index is 418. The van der Waals surface area contributed by atoms with E-state index in [-0.39, 0.29) is 0 Å². The topological polar surface area (TPSA) is 62.8 Å². The molecular weight excluding hydrogens is 224 g/mol. The van der Waals surface area contributed by atoms with Crippen molar-refractivity contribution in [3.8, 4) is 0 Å². The van der Waals surface area contributed by atoms with Gasteiger partial charge in [0.1, 0.15) is 0 Å². The second-order valence-electron chi connectivity index (χ2n) is 4.29. The van der Waals surface area contributed by atoms with Gasteiger partial charge in [-0.2, -0.15) is 0 Å². The van der Waals surface area contributed by atoms with Crippen LogP contribution in [-0.2, 0) is 6.42 Å². The lowest BCUT2D eigenvalue weighted by Crippen LogP contribution is -2.35. The molecule has 3 N–H and O–H groups in total. The molecule has 0 amide bonds. The van der Waals surface area contributed by atoms with Crippen molar-refractivity contribution >= 4 is 11.8 Å². The smallest absolute Gasteiger partial charge is 0.194 e. The molecule has 0 aliphatic carbocycles. The van der Waals surface area contributed by atoms with Gasteiger partial charge in [0.15, 0.2) is 5.96 Å². The number of hydrogen-bond acceptors (Lipinski definition) is 2. The fraction of sp³-hybridized carbons (Fsp3) is 0.429. The molecule has 98 valence electrons. The van der Waals surface area contributed by atoms with E-state index in [1.54, 1.807) is 7.05 Å². The predicted octanol–water partition coefficient (Wildman–Crippen LogP) is 1.88. The van der Waals surface area contributed by atoms with Crippen LogP contribution in [0.4, 0.5) is 0 Å². The molecule has 0 atom stereocenters. The van der Waals surface area contributed by atoms with Crippen LogP contribution in [-0.4, -0.2) is 25.4 Å². The van der Waals surface area contributed by atoms with Gasteiger partial charge >= 0.3 is 0 Å². The number of rotatable bonds is 4. The van der Waals surface area contributed by atoms with E-state index in [4.69, 9.17) is 5.73 Å². The third kappa shape index (κ3) is 5.48.